The van der Waals surface area contributed by atoms with Crippen molar-refractivity contribution < 1.29 is 5.11 Å². The fourth-order valence-electron chi connectivity index (χ4n) is 4.77. The molecule has 3 aromatic rings. The van der Waals surface area contributed by atoms with Crippen molar-refractivity contribution in [3.05, 3.63) is 76.6 Å². The van der Waals surface area contributed by atoms with Crippen LogP contribution in [-0.2, 0) is 38.5 Å². The van der Waals surface area contributed by atoms with Crippen LogP contribution in [0.4, 0.5) is 5.95 Å². The Morgan fingerprint density at radius 2 is 1.71 bits per heavy atom. The third-order valence-electron chi connectivity index (χ3n) is 6.36. The van der Waals surface area contributed by atoms with Crippen molar-refractivity contribution >= 4 is 5.95 Å². The van der Waals surface area contributed by atoms with E-state index in [1.807, 2.05) is 25.2 Å². The second-order valence-corrected chi connectivity index (χ2v) is 8.13. The number of hydrogen-bond donors (Lipinski definition) is 1. The highest BCUT2D eigenvalue weighted by Crippen LogP contribution is 2.39. The molecule has 0 bridgehead atoms. The van der Waals surface area contributed by atoms with Gasteiger partial charge in [-0.15, -0.1) is 10.2 Å². The van der Waals surface area contributed by atoms with Crippen LogP contribution in [0.15, 0.2) is 48.5 Å². The molecule has 0 saturated heterocycles. The van der Waals surface area contributed by atoms with Crippen molar-refractivity contribution in [3.8, 4) is 0 Å². The van der Waals surface area contributed by atoms with Crippen LogP contribution in [0.5, 0.6) is 0 Å². The van der Waals surface area contributed by atoms with Crippen molar-refractivity contribution in [2.24, 2.45) is 7.05 Å². The minimum atomic E-state index is -0.847. The molecule has 1 N–H and O–H groups in total. The molecule has 0 fully saturated rings. The van der Waals surface area contributed by atoms with Gasteiger partial charge in [0, 0.05) is 26.6 Å². The standard InChI is InChI=1S/C23H26N4O/c1-26-21(15-23(28)13-12-18-8-4-5-11-20(18)23)24-25-22(26)27-14-6-10-17-7-2-3-9-19(17)16-27/h2-5,7-9,11,28H,6,10,12-16H2,1H3. The fraction of sp³-hybridized carbons (Fsp3) is 0.391. The number of aliphatic hydroxyl groups is 1. The van der Waals surface area contributed by atoms with E-state index in [-0.39, 0.29) is 0 Å². The second-order valence-electron chi connectivity index (χ2n) is 8.13. The Hall–Kier alpha value is -2.66. The molecule has 1 aromatic heterocycles. The first-order valence-corrected chi connectivity index (χ1v) is 10.1. The monoisotopic (exact) mass is 374 g/mol. The van der Waals surface area contributed by atoms with Gasteiger partial charge in [0.1, 0.15) is 5.82 Å². The highest BCUT2D eigenvalue weighted by atomic mass is 16.3. The molecular formula is C23H26N4O. The molecule has 0 saturated carbocycles. The highest BCUT2D eigenvalue weighted by Gasteiger charge is 2.38. The van der Waals surface area contributed by atoms with Gasteiger partial charge in [-0.2, -0.15) is 0 Å². The van der Waals surface area contributed by atoms with E-state index in [1.54, 1.807) is 0 Å². The van der Waals surface area contributed by atoms with Crippen LogP contribution in [0, 0.1) is 0 Å². The molecule has 1 unspecified atom stereocenters. The van der Waals surface area contributed by atoms with Crippen LogP contribution in [-0.4, -0.2) is 26.4 Å². The van der Waals surface area contributed by atoms with Crippen molar-refractivity contribution in [1.82, 2.24) is 14.8 Å². The minimum absolute atomic E-state index is 0.498. The summed E-state index contributed by atoms with van der Waals surface area (Å²) in [5.74, 6) is 1.73. The lowest BCUT2D eigenvalue weighted by Gasteiger charge is -2.25. The van der Waals surface area contributed by atoms with Gasteiger partial charge < -0.3 is 14.6 Å². The molecule has 5 heteroatoms. The summed E-state index contributed by atoms with van der Waals surface area (Å²) < 4.78 is 2.06. The average Bonchev–Trinajstić information content (AvgIpc) is 3.14. The van der Waals surface area contributed by atoms with Gasteiger partial charge in [-0.1, -0.05) is 48.5 Å². The zero-order valence-corrected chi connectivity index (χ0v) is 16.3. The van der Waals surface area contributed by atoms with E-state index in [9.17, 15) is 5.11 Å². The van der Waals surface area contributed by atoms with E-state index in [0.717, 1.165) is 56.1 Å². The molecule has 5 rings (SSSR count). The zero-order valence-electron chi connectivity index (χ0n) is 16.3. The highest BCUT2D eigenvalue weighted by molar-refractivity contribution is 5.40. The van der Waals surface area contributed by atoms with E-state index in [0.29, 0.717) is 6.42 Å². The maximum absolute atomic E-state index is 11.3. The van der Waals surface area contributed by atoms with Gasteiger partial charge in [-0.05, 0) is 47.9 Å². The van der Waals surface area contributed by atoms with Gasteiger partial charge in [-0.25, -0.2) is 0 Å². The van der Waals surface area contributed by atoms with Gasteiger partial charge in [0.25, 0.3) is 0 Å². The summed E-state index contributed by atoms with van der Waals surface area (Å²) in [6.07, 6.45) is 4.37. The van der Waals surface area contributed by atoms with Crippen LogP contribution < -0.4 is 4.90 Å². The van der Waals surface area contributed by atoms with Crippen molar-refractivity contribution in [2.75, 3.05) is 11.4 Å². The van der Waals surface area contributed by atoms with Crippen molar-refractivity contribution in [2.45, 2.75) is 44.2 Å². The summed E-state index contributed by atoms with van der Waals surface area (Å²) >= 11 is 0. The average molecular weight is 374 g/mol. The van der Waals surface area contributed by atoms with Gasteiger partial charge in [-0.3, -0.25) is 0 Å². The topological polar surface area (TPSA) is 54.2 Å². The van der Waals surface area contributed by atoms with Gasteiger partial charge in [0.15, 0.2) is 0 Å². The van der Waals surface area contributed by atoms with Gasteiger partial charge in [0.2, 0.25) is 5.95 Å². The maximum atomic E-state index is 11.3. The lowest BCUT2D eigenvalue weighted by Crippen LogP contribution is -2.28. The van der Waals surface area contributed by atoms with Crippen molar-refractivity contribution in [3.63, 3.8) is 0 Å². The third-order valence-corrected chi connectivity index (χ3v) is 6.36. The molecule has 2 aromatic carbocycles. The van der Waals surface area contributed by atoms with Gasteiger partial charge in [0.05, 0.1) is 5.60 Å². The molecule has 28 heavy (non-hydrogen) atoms. The summed E-state index contributed by atoms with van der Waals surface area (Å²) in [4.78, 5) is 2.31. The number of rotatable bonds is 3. The first-order valence-electron chi connectivity index (χ1n) is 10.1. The lowest BCUT2D eigenvalue weighted by molar-refractivity contribution is 0.0362. The first kappa shape index (κ1) is 17.4. The molecule has 1 aliphatic carbocycles. The number of aromatic nitrogens is 3. The summed E-state index contributed by atoms with van der Waals surface area (Å²) in [5, 5.41) is 20.3. The SMILES string of the molecule is Cn1c(CC2(O)CCc3ccccc32)nnc1N1CCCc2ccccc2C1. The van der Waals surface area contributed by atoms with Gasteiger partial charge >= 0.3 is 0 Å². The molecular weight excluding hydrogens is 348 g/mol. The smallest absolute Gasteiger partial charge is 0.227 e. The van der Waals surface area contributed by atoms with Crippen molar-refractivity contribution in [1.29, 1.82) is 0 Å². The molecule has 2 heterocycles. The Balaban J connectivity index is 1.41. The summed E-state index contributed by atoms with van der Waals surface area (Å²) in [6.45, 7) is 1.82. The van der Waals surface area contributed by atoms with Crippen LogP contribution in [0.25, 0.3) is 0 Å². The number of benzene rings is 2. The van der Waals surface area contributed by atoms with E-state index in [2.05, 4.69) is 50.0 Å². The Morgan fingerprint density at radius 3 is 2.57 bits per heavy atom. The van der Waals surface area contributed by atoms with E-state index < -0.39 is 5.60 Å². The van der Waals surface area contributed by atoms with E-state index in [4.69, 9.17) is 0 Å². The quantitative estimate of drug-likeness (QED) is 0.765. The molecule has 0 radical (unpaired) electrons. The van der Waals surface area contributed by atoms with E-state index >= 15 is 0 Å². The largest absolute Gasteiger partial charge is 0.385 e. The van der Waals surface area contributed by atoms with Crippen LogP contribution >= 0.6 is 0 Å². The summed E-state index contributed by atoms with van der Waals surface area (Å²) in [7, 11) is 2.02. The zero-order chi connectivity index (χ0) is 19.1. The second kappa shape index (κ2) is 6.74. The molecule has 1 aliphatic heterocycles. The number of nitrogens with zero attached hydrogens (tertiary/aromatic N) is 4. The number of fused-ring (bicyclic) bond motifs is 2. The summed E-state index contributed by atoms with van der Waals surface area (Å²) in [5.41, 5.74) is 4.25. The molecule has 1 atom stereocenters. The first-order chi connectivity index (χ1) is 13.6. The Bertz CT molecular complexity index is 1010. The Kier molecular flexibility index (Phi) is 4.20. The minimum Gasteiger partial charge on any atom is -0.385 e. The van der Waals surface area contributed by atoms with Crippen LogP contribution in [0.3, 0.4) is 0 Å². The molecule has 2 aliphatic rings. The predicted molar refractivity (Wildman–Crippen MR) is 109 cm³/mol. The molecule has 5 nitrogen and oxygen atoms in total. The summed E-state index contributed by atoms with van der Waals surface area (Å²) in [6, 6.07) is 16.9. The Labute approximate surface area is 165 Å². The fourth-order valence-corrected chi connectivity index (χ4v) is 4.77. The van der Waals surface area contributed by atoms with Crippen LogP contribution in [0.1, 0.15) is 40.9 Å². The van der Waals surface area contributed by atoms with Crippen LogP contribution in [0.2, 0.25) is 0 Å². The number of anilines is 1. The molecule has 0 amide bonds. The molecule has 0 spiro atoms. The predicted octanol–water partition coefficient (Wildman–Crippen LogP) is 3.14. The third kappa shape index (κ3) is 2.90. The number of aryl methyl sites for hydroxylation is 2. The normalized spacial score (nSPS) is 21.3. The Morgan fingerprint density at radius 1 is 0.964 bits per heavy atom. The maximum Gasteiger partial charge on any atom is 0.227 e. The van der Waals surface area contributed by atoms with E-state index in [1.165, 1.54) is 16.7 Å². The molecule has 144 valence electrons. The number of hydrogen-bond acceptors (Lipinski definition) is 4. The lowest BCUT2D eigenvalue weighted by atomic mass is 9.92.